The van der Waals surface area contributed by atoms with E-state index in [-0.39, 0.29) is 5.97 Å². The average molecular weight is 267 g/mol. The van der Waals surface area contributed by atoms with Gasteiger partial charge in [-0.25, -0.2) is 0 Å². The first-order valence-electron chi connectivity index (χ1n) is 6.28. The van der Waals surface area contributed by atoms with E-state index in [1.807, 2.05) is 18.2 Å². The Bertz CT molecular complexity index is 406. The van der Waals surface area contributed by atoms with Crippen LogP contribution in [-0.4, -0.2) is 33.3 Å². The summed E-state index contributed by atoms with van der Waals surface area (Å²) in [5.41, 5.74) is 6.63. The summed E-state index contributed by atoms with van der Waals surface area (Å²) < 4.78 is 15.4. The highest BCUT2D eigenvalue weighted by molar-refractivity contribution is 5.69. The molecule has 0 unspecified atom stereocenters. The zero-order valence-corrected chi connectivity index (χ0v) is 11.5. The molecule has 0 aromatic heterocycles. The van der Waals surface area contributed by atoms with Crippen molar-refractivity contribution in [3.63, 3.8) is 0 Å². The highest BCUT2D eigenvalue weighted by atomic mass is 16.5. The molecule has 19 heavy (non-hydrogen) atoms. The molecule has 5 nitrogen and oxygen atoms in total. The number of esters is 1. The van der Waals surface area contributed by atoms with E-state index in [0.717, 1.165) is 12.0 Å². The topological polar surface area (TPSA) is 70.8 Å². The maximum absolute atomic E-state index is 10.9. The Labute approximate surface area is 113 Å². The number of benzene rings is 1. The van der Waals surface area contributed by atoms with Crippen molar-refractivity contribution in [2.24, 2.45) is 5.73 Å². The second-order valence-electron chi connectivity index (χ2n) is 4.05. The summed E-state index contributed by atoms with van der Waals surface area (Å²) in [5.74, 6) is 1.13. The van der Waals surface area contributed by atoms with E-state index in [9.17, 15) is 4.79 Å². The lowest BCUT2D eigenvalue weighted by atomic mass is 10.1. The first kappa shape index (κ1) is 15.3. The zero-order chi connectivity index (χ0) is 14.1. The fourth-order valence-corrected chi connectivity index (χ4v) is 1.65. The molecule has 0 fully saturated rings. The molecule has 5 heteroatoms. The largest absolute Gasteiger partial charge is 0.493 e. The van der Waals surface area contributed by atoms with Gasteiger partial charge in [-0.1, -0.05) is 6.07 Å². The van der Waals surface area contributed by atoms with Gasteiger partial charge in [0.1, 0.15) is 0 Å². The Morgan fingerprint density at radius 2 is 2.05 bits per heavy atom. The standard InChI is InChI=1S/C14H21NO4/c1-17-13-10-11(7-8-15)5-6-12(13)19-9-3-4-14(16)18-2/h5-6,10H,3-4,7-9,15H2,1-2H3. The van der Waals surface area contributed by atoms with Crippen molar-refractivity contribution in [2.75, 3.05) is 27.4 Å². The monoisotopic (exact) mass is 267 g/mol. The maximum Gasteiger partial charge on any atom is 0.305 e. The van der Waals surface area contributed by atoms with E-state index in [4.69, 9.17) is 15.2 Å². The van der Waals surface area contributed by atoms with Crippen LogP contribution in [0.1, 0.15) is 18.4 Å². The van der Waals surface area contributed by atoms with E-state index in [1.165, 1.54) is 7.11 Å². The van der Waals surface area contributed by atoms with Gasteiger partial charge in [0.25, 0.3) is 0 Å². The van der Waals surface area contributed by atoms with Crippen molar-refractivity contribution in [3.8, 4) is 11.5 Å². The van der Waals surface area contributed by atoms with Crippen molar-refractivity contribution < 1.29 is 19.0 Å². The van der Waals surface area contributed by atoms with E-state index in [1.54, 1.807) is 7.11 Å². The highest BCUT2D eigenvalue weighted by Gasteiger charge is 2.06. The molecule has 106 valence electrons. The molecule has 1 aromatic carbocycles. The van der Waals surface area contributed by atoms with Gasteiger partial charge in [0.2, 0.25) is 0 Å². The smallest absolute Gasteiger partial charge is 0.305 e. The second kappa shape index (κ2) is 8.37. The number of nitrogens with two attached hydrogens (primary N) is 1. The number of hydrogen-bond acceptors (Lipinski definition) is 5. The first-order chi connectivity index (χ1) is 9.21. The normalized spacial score (nSPS) is 10.1. The van der Waals surface area contributed by atoms with Crippen LogP contribution in [0.5, 0.6) is 11.5 Å². The van der Waals surface area contributed by atoms with Crippen LogP contribution in [0.4, 0.5) is 0 Å². The van der Waals surface area contributed by atoms with Crippen molar-refractivity contribution in [2.45, 2.75) is 19.3 Å². The predicted molar refractivity (Wildman–Crippen MR) is 72.5 cm³/mol. The molecule has 1 aromatic rings. The van der Waals surface area contributed by atoms with Crippen LogP contribution in [0.15, 0.2) is 18.2 Å². The fraction of sp³-hybridized carbons (Fsp3) is 0.500. The van der Waals surface area contributed by atoms with Crippen LogP contribution < -0.4 is 15.2 Å². The molecule has 2 N–H and O–H groups in total. The lowest BCUT2D eigenvalue weighted by Gasteiger charge is -2.11. The van der Waals surface area contributed by atoms with Crippen LogP contribution in [0.2, 0.25) is 0 Å². The Morgan fingerprint density at radius 3 is 2.68 bits per heavy atom. The number of carbonyl (C=O) groups is 1. The third kappa shape index (κ3) is 5.18. The predicted octanol–water partition coefficient (Wildman–Crippen LogP) is 1.53. The molecule has 0 spiro atoms. The molecule has 1 rings (SSSR count). The summed E-state index contributed by atoms with van der Waals surface area (Å²) in [6, 6.07) is 5.75. The molecular formula is C14H21NO4. The fourth-order valence-electron chi connectivity index (χ4n) is 1.65. The molecule has 0 saturated heterocycles. The molecular weight excluding hydrogens is 246 g/mol. The van der Waals surface area contributed by atoms with Crippen molar-refractivity contribution in [3.05, 3.63) is 23.8 Å². The van der Waals surface area contributed by atoms with Gasteiger partial charge in [0.15, 0.2) is 11.5 Å². The first-order valence-corrected chi connectivity index (χ1v) is 6.28. The van der Waals surface area contributed by atoms with Gasteiger partial charge in [-0.2, -0.15) is 0 Å². The highest BCUT2D eigenvalue weighted by Crippen LogP contribution is 2.28. The molecule has 0 amide bonds. The van der Waals surface area contributed by atoms with Gasteiger partial charge < -0.3 is 19.9 Å². The minimum Gasteiger partial charge on any atom is -0.493 e. The zero-order valence-electron chi connectivity index (χ0n) is 11.5. The second-order valence-corrected chi connectivity index (χ2v) is 4.05. The Balaban J connectivity index is 2.50. The Kier molecular flexibility index (Phi) is 6.74. The molecule has 0 aliphatic rings. The lowest BCUT2D eigenvalue weighted by Crippen LogP contribution is -2.06. The van der Waals surface area contributed by atoms with Gasteiger partial charge >= 0.3 is 5.97 Å². The summed E-state index contributed by atoms with van der Waals surface area (Å²) >= 11 is 0. The summed E-state index contributed by atoms with van der Waals surface area (Å²) in [6.07, 6.45) is 1.77. The van der Waals surface area contributed by atoms with Crippen molar-refractivity contribution >= 4 is 5.97 Å². The minimum atomic E-state index is -0.228. The van der Waals surface area contributed by atoms with E-state index in [0.29, 0.717) is 37.5 Å². The number of carbonyl (C=O) groups excluding carboxylic acids is 1. The number of hydrogen-bond donors (Lipinski definition) is 1. The van der Waals surface area contributed by atoms with Crippen molar-refractivity contribution in [1.82, 2.24) is 0 Å². The Morgan fingerprint density at radius 1 is 1.26 bits per heavy atom. The minimum absolute atomic E-state index is 0.228. The number of rotatable bonds is 8. The van der Waals surface area contributed by atoms with Crippen LogP contribution in [-0.2, 0) is 16.0 Å². The van der Waals surface area contributed by atoms with E-state index in [2.05, 4.69) is 4.74 Å². The van der Waals surface area contributed by atoms with Gasteiger partial charge in [-0.05, 0) is 37.1 Å². The third-order valence-electron chi connectivity index (χ3n) is 2.67. The third-order valence-corrected chi connectivity index (χ3v) is 2.67. The van der Waals surface area contributed by atoms with E-state index >= 15 is 0 Å². The summed E-state index contributed by atoms with van der Waals surface area (Å²) in [4.78, 5) is 10.9. The van der Waals surface area contributed by atoms with E-state index < -0.39 is 0 Å². The molecule has 0 heterocycles. The summed E-state index contributed by atoms with van der Waals surface area (Å²) in [6.45, 7) is 1.05. The molecule has 0 saturated carbocycles. The van der Waals surface area contributed by atoms with Crippen molar-refractivity contribution in [1.29, 1.82) is 0 Å². The van der Waals surface area contributed by atoms with Crippen LogP contribution in [0.25, 0.3) is 0 Å². The molecule has 0 aliphatic carbocycles. The lowest BCUT2D eigenvalue weighted by molar-refractivity contribution is -0.140. The van der Waals surface area contributed by atoms with Gasteiger partial charge in [0.05, 0.1) is 20.8 Å². The van der Waals surface area contributed by atoms with Crippen LogP contribution in [0, 0.1) is 0 Å². The van der Waals surface area contributed by atoms with Crippen LogP contribution in [0.3, 0.4) is 0 Å². The Hall–Kier alpha value is -1.75. The molecule has 0 aliphatic heterocycles. The number of ether oxygens (including phenoxy) is 3. The SMILES string of the molecule is COC(=O)CCCOc1ccc(CCN)cc1OC. The average Bonchev–Trinajstić information content (AvgIpc) is 2.44. The number of methoxy groups -OCH3 is 2. The quantitative estimate of drug-likeness (QED) is 0.571. The van der Waals surface area contributed by atoms with Gasteiger partial charge in [-0.15, -0.1) is 0 Å². The van der Waals surface area contributed by atoms with Crippen LogP contribution >= 0.6 is 0 Å². The molecule has 0 atom stereocenters. The summed E-state index contributed by atoms with van der Waals surface area (Å²) in [7, 11) is 2.98. The maximum atomic E-state index is 10.9. The molecule has 0 bridgehead atoms. The molecule has 0 radical (unpaired) electrons. The van der Waals surface area contributed by atoms with Gasteiger partial charge in [-0.3, -0.25) is 4.79 Å². The summed E-state index contributed by atoms with van der Waals surface area (Å²) in [5, 5.41) is 0. The van der Waals surface area contributed by atoms with Gasteiger partial charge in [0, 0.05) is 6.42 Å².